The number of hydrogen-bond donors (Lipinski definition) is 2. The predicted octanol–water partition coefficient (Wildman–Crippen LogP) is 3.83. The van der Waals surface area contributed by atoms with Crippen LogP contribution >= 0.6 is 23.4 Å². The van der Waals surface area contributed by atoms with Gasteiger partial charge in [-0.15, -0.1) is 0 Å². The fourth-order valence-corrected chi connectivity index (χ4v) is 4.31. The first-order valence-electron chi connectivity index (χ1n) is 8.85. The van der Waals surface area contributed by atoms with E-state index in [1.54, 1.807) is 13.1 Å². The van der Waals surface area contributed by atoms with Crippen LogP contribution in [0.25, 0.3) is 0 Å². The third-order valence-electron chi connectivity index (χ3n) is 5.00. The number of guanidine groups is 1. The summed E-state index contributed by atoms with van der Waals surface area (Å²) in [5, 5.41) is 7.27. The summed E-state index contributed by atoms with van der Waals surface area (Å²) in [6.07, 6.45) is 4.23. The third-order valence-corrected chi connectivity index (χ3v) is 6.73. The quantitative estimate of drug-likeness (QED) is 0.561. The van der Waals surface area contributed by atoms with Gasteiger partial charge in [0.25, 0.3) is 0 Å². The van der Waals surface area contributed by atoms with Crippen molar-refractivity contribution in [2.75, 3.05) is 39.6 Å². The first kappa shape index (κ1) is 21.3. The van der Waals surface area contributed by atoms with E-state index in [0.29, 0.717) is 11.6 Å². The summed E-state index contributed by atoms with van der Waals surface area (Å²) in [7, 11) is 1.77. The molecule has 0 unspecified atom stereocenters. The van der Waals surface area contributed by atoms with Gasteiger partial charge in [0.1, 0.15) is 5.82 Å². The number of halogens is 2. The minimum atomic E-state index is -0.321. The number of aliphatic imine (C=N–C) groups is 1. The molecule has 1 aromatic rings. The lowest BCUT2D eigenvalue weighted by Crippen LogP contribution is -2.49. The molecule has 7 heteroatoms. The summed E-state index contributed by atoms with van der Waals surface area (Å²) >= 11 is 8.13. The van der Waals surface area contributed by atoms with Crippen LogP contribution in [0.15, 0.2) is 23.2 Å². The van der Waals surface area contributed by atoms with Crippen LogP contribution in [0.5, 0.6) is 0 Å². The lowest BCUT2D eigenvalue weighted by atomic mass is 9.84. The van der Waals surface area contributed by atoms with Crippen molar-refractivity contribution in [2.24, 2.45) is 4.99 Å². The van der Waals surface area contributed by atoms with Crippen molar-refractivity contribution in [3.63, 3.8) is 0 Å². The molecule has 1 aliphatic rings. The molecule has 1 fully saturated rings. The highest BCUT2D eigenvalue weighted by molar-refractivity contribution is 8.00. The van der Waals surface area contributed by atoms with Gasteiger partial charge in [-0.05, 0) is 36.8 Å². The molecule has 1 saturated heterocycles. The number of rotatable bonds is 6. The molecule has 2 N–H and O–H groups in total. The Morgan fingerprint density at radius 1 is 1.35 bits per heavy atom. The minimum absolute atomic E-state index is 0.186. The van der Waals surface area contributed by atoms with Crippen LogP contribution in [0.1, 0.15) is 32.3 Å². The number of benzene rings is 1. The zero-order valence-electron chi connectivity index (χ0n) is 16.0. The Labute approximate surface area is 165 Å². The average molecular weight is 402 g/mol. The molecule has 2 rings (SSSR count). The van der Waals surface area contributed by atoms with E-state index in [1.807, 2.05) is 11.8 Å². The van der Waals surface area contributed by atoms with Crippen molar-refractivity contribution in [3.05, 3.63) is 34.6 Å². The molecular formula is C19H29ClFN3OS. The van der Waals surface area contributed by atoms with Gasteiger partial charge >= 0.3 is 0 Å². The van der Waals surface area contributed by atoms with Crippen molar-refractivity contribution >= 4 is 29.3 Å². The van der Waals surface area contributed by atoms with Crippen LogP contribution in [-0.4, -0.2) is 50.3 Å². The normalized spacial score (nSPS) is 17.8. The number of hydrogen-bond acceptors (Lipinski definition) is 3. The molecule has 0 radical (unpaired) electrons. The van der Waals surface area contributed by atoms with Crippen molar-refractivity contribution in [3.8, 4) is 0 Å². The van der Waals surface area contributed by atoms with E-state index >= 15 is 0 Å². The maximum absolute atomic E-state index is 13.3. The smallest absolute Gasteiger partial charge is 0.191 e. The molecular weight excluding hydrogens is 373 g/mol. The van der Waals surface area contributed by atoms with Crippen LogP contribution < -0.4 is 10.6 Å². The largest absolute Gasteiger partial charge is 0.381 e. The Morgan fingerprint density at radius 3 is 2.62 bits per heavy atom. The molecule has 0 spiro atoms. The fraction of sp³-hybridized carbons (Fsp3) is 0.632. The Kier molecular flexibility index (Phi) is 7.62. The van der Waals surface area contributed by atoms with E-state index in [2.05, 4.69) is 35.7 Å². The van der Waals surface area contributed by atoms with Crippen LogP contribution in [-0.2, 0) is 10.2 Å². The molecule has 1 aliphatic heterocycles. The zero-order valence-corrected chi connectivity index (χ0v) is 17.6. The van der Waals surface area contributed by atoms with Gasteiger partial charge in [0, 0.05) is 48.5 Å². The highest BCUT2D eigenvalue weighted by Crippen LogP contribution is 2.33. The molecule has 0 atom stereocenters. The molecule has 146 valence electrons. The lowest BCUT2D eigenvalue weighted by molar-refractivity contribution is 0.0783. The first-order valence-corrected chi connectivity index (χ1v) is 10.5. The van der Waals surface area contributed by atoms with Crippen molar-refractivity contribution < 1.29 is 9.13 Å². The summed E-state index contributed by atoms with van der Waals surface area (Å²) in [5.41, 5.74) is 0.645. The summed E-state index contributed by atoms with van der Waals surface area (Å²) in [6, 6.07) is 4.56. The number of thioether (sulfide) groups is 1. The standard InChI is InChI=1S/C19H29ClFN3OS/c1-18(2,15-6-5-14(21)11-16(15)20)12-23-17(22-3)24-13-19(26-4)7-9-25-10-8-19/h5-6,11H,7-10,12-13H2,1-4H3,(H2,22,23,24). The van der Waals surface area contributed by atoms with Gasteiger partial charge in [-0.2, -0.15) is 11.8 Å². The van der Waals surface area contributed by atoms with Gasteiger partial charge in [0.05, 0.1) is 0 Å². The maximum atomic E-state index is 13.3. The zero-order chi connectivity index (χ0) is 19.2. The molecule has 1 aromatic carbocycles. The molecule has 0 amide bonds. The Hall–Kier alpha value is -0.980. The minimum Gasteiger partial charge on any atom is -0.381 e. The van der Waals surface area contributed by atoms with Crippen LogP contribution in [0.2, 0.25) is 5.02 Å². The van der Waals surface area contributed by atoms with Gasteiger partial charge in [0.2, 0.25) is 0 Å². The van der Waals surface area contributed by atoms with Gasteiger partial charge < -0.3 is 15.4 Å². The lowest BCUT2D eigenvalue weighted by Gasteiger charge is -2.36. The topological polar surface area (TPSA) is 45.7 Å². The van der Waals surface area contributed by atoms with Crippen molar-refractivity contribution in [1.29, 1.82) is 0 Å². The van der Waals surface area contributed by atoms with Gasteiger partial charge in [0.15, 0.2) is 5.96 Å². The second-order valence-corrected chi connectivity index (χ2v) is 8.97. The van der Waals surface area contributed by atoms with E-state index in [9.17, 15) is 4.39 Å². The van der Waals surface area contributed by atoms with Gasteiger partial charge in [-0.25, -0.2) is 4.39 Å². The van der Waals surface area contributed by atoms with E-state index in [0.717, 1.165) is 44.1 Å². The highest BCUT2D eigenvalue weighted by atomic mass is 35.5. The van der Waals surface area contributed by atoms with Crippen molar-refractivity contribution in [1.82, 2.24) is 10.6 Å². The Bertz CT molecular complexity index is 633. The molecule has 26 heavy (non-hydrogen) atoms. The SMILES string of the molecule is CN=C(NCC1(SC)CCOCC1)NCC(C)(C)c1ccc(F)cc1Cl. The van der Waals surface area contributed by atoms with E-state index in [1.165, 1.54) is 12.1 Å². The third kappa shape index (κ3) is 5.51. The number of ether oxygens (including phenoxy) is 1. The molecule has 4 nitrogen and oxygen atoms in total. The van der Waals surface area contributed by atoms with E-state index in [-0.39, 0.29) is 16.0 Å². The summed E-state index contributed by atoms with van der Waals surface area (Å²) in [6.45, 7) is 7.25. The van der Waals surface area contributed by atoms with Gasteiger partial charge in [-0.1, -0.05) is 31.5 Å². The fourth-order valence-electron chi connectivity index (χ4n) is 3.10. The second kappa shape index (κ2) is 9.29. The van der Waals surface area contributed by atoms with Crippen LogP contribution in [0.3, 0.4) is 0 Å². The summed E-state index contributed by atoms with van der Waals surface area (Å²) in [5.74, 6) is 0.440. The summed E-state index contributed by atoms with van der Waals surface area (Å²) in [4.78, 5) is 4.33. The summed E-state index contributed by atoms with van der Waals surface area (Å²) < 4.78 is 19.0. The van der Waals surface area contributed by atoms with E-state index in [4.69, 9.17) is 16.3 Å². The average Bonchev–Trinajstić information content (AvgIpc) is 2.62. The maximum Gasteiger partial charge on any atom is 0.191 e. The predicted molar refractivity (Wildman–Crippen MR) is 110 cm³/mol. The molecule has 0 bridgehead atoms. The molecule has 0 aromatic heterocycles. The number of nitrogens with one attached hydrogen (secondary N) is 2. The first-order chi connectivity index (χ1) is 12.3. The monoisotopic (exact) mass is 401 g/mol. The molecule has 0 aliphatic carbocycles. The molecule has 0 saturated carbocycles. The highest BCUT2D eigenvalue weighted by Gasteiger charge is 2.32. The molecule has 1 heterocycles. The number of nitrogens with zero attached hydrogens (tertiary/aromatic N) is 1. The second-order valence-electron chi connectivity index (χ2n) is 7.29. The Morgan fingerprint density at radius 2 is 2.04 bits per heavy atom. The van der Waals surface area contributed by atoms with Crippen LogP contribution in [0, 0.1) is 5.82 Å². The van der Waals surface area contributed by atoms with Gasteiger partial charge in [-0.3, -0.25) is 4.99 Å². The van der Waals surface area contributed by atoms with E-state index < -0.39 is 0 Å². The van der Waals surface area contributed by atoms with Crippen LogP contribution in [0.4, 0.5) is 4.39 Å². The van der Waals surface area contributed by atoms with Crippen molar-refractivity contribution in [2.45, 2.75) is 36.9 Å². The Balaban J connectivity index is 1.95.